The average Bonchev–Trinajstić information content (AvgIpc) is 2.34. The molecule has 0 radical (unpaired) electrons. The summed E-state index contributed by atoms with van der Waals surface area (Å²) in [6.07, 6.45) is 5.43. The Morgan fingerprint density at radius 1 is 1.44 bits per heavy atom. The number of halogens is 1. The molecule has 0 atom stereocenters. The first kappa shape index (κ1) is 13.6. The van der Waals surface area contributed by atoms with E-state index in [1.165, 1.54) is 25.9 Å². The van der Waals surface area contributed by atoms with Gasteiger partial charge in [-0.1, -0.05) is 11.6 Å². The van der Waals surface area contributed by atoms with E-state index in [1.54, 1.807) is 6.20 Å². The highest BCUT2D eigenvalue weighted by atomic mass is 35.5. The molecule has 100 valence electrons. The summed E-state index contributed by atoms with van der Waals surface area (Å²) in [5.41, 5.74) is 1.06. The fourth-order valence-electron chi connectivity index (χ4n) is 2.30. The van der Waals surface area contributed by atoms with Crippen LogP contribution in [0.4, 0.5) is 0 Å². The molecule has 0 unspecified atom stereocenters. The second kappa shape index (κ2) is 6.39. The molecule has 0 spiro atoms. The largest absolute Gasteiger partial charge is 0.477 e. The monoisotopic (exact) mass is 268 g/mol. The minimum Gasteiger partial charge on any atom is -0.477 e. The number of pyridine rings is 1. The fraction of sp³-hybridized carbons (Fsp3) is 0.643. The molecule has 1 aromatic rings. The maximum atomic E-state index is 6.08. The first-order valence-electron chi connectivity index (χ1n) is 6.58. The number of ether oxygens (including phenoxy) is 1. The molecule has 1 saturated heterocycles. The molecule has 0 aromatic carbocycles. The lowest BCUT2D eigenvalue weighted by Crippen LogP contribution is -2.30. The molecule has 1 aliphatic rings. The maximum Gasteiger partial charge on any atom is 0.232 e. The molecule has 0 bridgehead atoms. The number of hydrogen-bond donors (Lipinski definition) is 0. The number of aromatic nitrogens is 1. The molecule has 4 heteroatoms. The predicted molar refractivity (Wildman–Crippen MR) is 74.3 cm³/mol. The van der Waals surface area contributed by atoms with E-state index in [0.717, 1.165) is 17.9 Å². The third-order valence-electron chi connectivity index (χ3n) is 3.55. The molecule has 18 heavy (non-hydrogen) atoms. The van der Waals surface area contributed by atoms with Gasteiger partial charge in [-0.2, -0.15) is 0 Å². The van der Waals surface area contributed by atoms with Crippen molar-refractivity contribution in [3.63, 3.8) is 0 Å². The van der Waals surface area contributed by atoms with Gasteiger partial charge in [-0.25, -0.2) is 4.98 Å². The number of piperidine rings is 1. The van der Waals surface area contributed by atoms with E-state index in [-0.39, 0.29) is 0 Å². The van der Waals surface area contributed by atoms with E-state index in [2.05, 4.69) is 16.9 Å². The van der Waals surface area contributed by atoms with E-state index in [4.69, 9.17) is 16.3 Å². The number of aryl methyl sites for hydroxylation is 1. The highest BCUT2D eigenvalue weighted by Crippen LogP contribution is 2.24. The Morgan fingerprint density at radius 3 is 2.83 bits per heavy atom. The third-order valence-corrected chi connectivity index (χ3v) is 3.82. The smallest absolute Gasteiger partial charge is 0.232 e. The van der Waals surface area contributed by atoms with Crippen LogP contribution >= 0.6 is 11.6 Å². The Labute approximate surface area is 114 Å². The van der Waals surface area contributed by atoms with Crippen molar-refractivity contribution < 1.29 is 4.74 Å². The van der Waals surface area contributed by atoms with E-state index in [9.17, 15) is 0 Å². The van der Waals surface area contributed by atoms with Crippen LogP contribution in [0.3, 0.4) is 0 Å². The Morgan fingerprint density at radius 2 is 2.17 bits per heavy atom. The molecule has 1 aliphatic heterocycles. The topological polar surface area (TPSA) is 25.4 Å². The highest BCUT2D eigenvalue weighted by molar-refractivity contribution is 6.31. The maximum absolute atomic E-state index is 6.08. The summed E-state index contributed by atoms with van der Waals surface area (Å²) in [5, 5.41) is 0.610. The second-order valence-electron chi connectivity index (χ2n) is 5.18. The van der Waals surface area contributed by atoms with Gasteiger partial charge in [0.05, 0.1) is 6.61 Å². The average molecular weight is 269 g/mol. The number of hydrogen-bond acceptors (Lipinski definition) is 3. The molecular weight excluding hydrogens is 248 g/mol. The van der Waals surface area contributed by atoms with Gasteiger partial charge in [-0.15, -0.1) is 0 Å². The van der Waals surface area contributed by atoms with E-state index in [1.807, 2.05) is 13.0 Å². The van der Waals surface area contributed by atoms with Crippen molar-refractivity contribution in [1.82, 2.24) is 9.88 Å². The first-order chi connectivity index (χ1) is 8.65. The van der Waals surface area contributed by atoms with Crippen LogP contribution < -0.4 is 4.74 Å². The van der Waals surface area contributed by atoms with Crippen molar-refractivity contribution in [2.24, 2.45) is 5.92 Å². The normalized spacial score (nSPS) is 17.9. The van der Waals surface area contributed by atoms with Gasteiger partial charge in [-0.3, -0.25) is 0 Å². The molecule has 1 fully saturated rings. The van der Waals surface area contributed by atoms with Crippen LogP contribution in [-0.4, -0.2) is 36.6 Å². The van der Waals surface area contributed by atoms with Crippen LogP contribution in [0.2, 0.25) is 5.02 Å². The van der Waals surface area contributed by atoms with Crippen molar-refractivity contribution in [2.45, 2.75) is 26.2 Å². The Kier molecular flexibility index (Phi) is 4.84. The van der Waals surface area contributed by atoms with E-state index >= 15 is 0 Å². The van der Waals surface area contributed by atoms with Crippen molar-refractivity contribution in [2.75, 3.05) is 26.7 Å². The van der Waals surface area contributed by atoms with Crippen molar-refractivity contribution in [3.05, 3.63) is 22.8 Å². The molecule has 0 amide bonds. The molecule has 0 aliphatic carbocycles. The van der Waals surface area contributed by atoms with Crippen molar-refractivity contribution >= 4 is 11.6 Å². The zero-order valence-corrected chi connectivity index (χ0v) is 11.9. The van der Waals surface area contributed by atoms with Gasteiger partial charge in [0, 0.05) is 6.20 Å². The van der Waals surface area contributed by atoms with Gasteiger partial charge in [-0.05, 0) is 63.9 Å². The summed E-state index contributed by atoms with van der Waals surface area (Å²) < 4.78 is 5.66. The van der Waals surface area contributed by atoms with Crippen LogP contribution in [0.5, 0.6) is 5.88 Å². The summed E-state index contributed by atoms with van der Waals surface area (Å²) in [5.74, 6) is 1.35. The van der Waals surface area contributed by atoms with Gasteiger partial charge >= 0.3 is 0 Å². The minimum atomic E-state index is 0.565. The molecule has 0 saturated carbocycles. The SMILES string of the molecule is Cc1cnc(OCCC2CCN(C)CC2)c(Cl)c1. The predicted octanol–water partition coefficient (Wildman–Crippen LogP) is 3.15. The van der Waals surface area contributed by atoms with Gasteiger partial charge in [0.25, 0.3) is 0 Å². The van der Waals surface area contributed by atoms with Gasteiger partial charge in [0.2, 0.25) is 5.88 Å². The van der Waals surface area contributed by atoms with E-state index in [0.29, 0.717) is 17.5 Å². The molecule has 1 aromatic heterocycles. The van der Waals surface area contributed by atoms with Crippen LogP contribution in [0, 0.1) is 12.8 Å². The lowest BCUT2D eigenvalue weighted by Gasteiger charge is -2.28. The number of likely N-dealkylation sites (tertiary alicyclic amines) is 1. The summed E-state index contributed by atoms with van der Waals surface area (Å²) in [6, 6.07) is 1.89. The van der Waals surface area contributed by atoms with Gasteiger partial charge in [0.1, 0.15) is 5.02 Å². The van der Waals surface area contributed by atoms with Gasteiger partial charge in [0.15, 0.2) is 0 Å². The lowest BCUT2D eigenvalue weighted by atomic mass is 9.94. The Hall–Kier alpha value is -0.800. The van der Waals surface area contributed by atoms with Crippen molar-refractivity contribution in [3.8, 4) is 5.88 Å². The quantitative estimate of drug-likeness (QED) is 0.839. The van der Waals surface area contributed by atoms with Crippen molar-refractivity contribution in [1.29, 1.82) is 0 Å². The molecular formula is C14H21ClN2O. The highest BCUT2D eigenvalue weighted by Gasteiger charge is 2.16. The summed E-state index contributed by atoms with van der Waals surface area (Å²) in [6.45, 7) is 5.09. The number of rotatable bonds is 4. The van der Waals surface area contributed by atoms with Gasteiger partial charge < -0.3 is 9.64 Å². The molecule has 2 heterocycles. The van der Waals surface area contributed by atoms with Crippen LogP contribution in [0.15, 0.2) is 12.3 Å². The van der Waals surface area contributed by atoms with Crippen LogP contribution in [-0.2, 0) is 0 Å². The zero-order chi connectivity index (χ0) is 13.0. The summed E-state index contributed by atoms with van der Waals surface area (Å²) in [7, 11) is 2.18. The fourth-order valence-corrected chi connectivity index (χ4v) is 2.58. The molecule has 2 rings (SSSR count). The lowest BCUT2D eigenvalue weighted by molar-refractivity contribution is 0.185. The zero-order valence-electron chi connectivity index (χ0n) is 11.2. The third kappa shape index (κ3) is 3.85. The second-order valence-corrected chi connectivity index (χ2v) is 5.59. The first-order valence-corrected chi connectivity index (χ1v) is 6.96. The van der Waals surface area contributed by atoms with Crippen LogP contribution in [0.25, 0.3) is 0 Å². The summed E-state index contributed by atoms with van der Waals surface area (Å²) >= 11 is 6.08. The summed E-state index contributed by atoms with van der Waals surface area (Å²) in [4.78, 5) is 6.59. The Bertz CT molecular complexity index is 389. The minimum absolute atomic E-state index is 0.565. The molecule has 3 nitrogen and oxygen atoms in total. The van der Waals surface area contributed by atoms with Crippen LogP contribution in [0.1, 0.15) is 24.8 Å². The number of nitrogens with zero attached hydrogens (tertiary/aromatic N) is 2. The standard InChI is InChI=1S/C14H21ClN2O/c1-11-9-13(15)14(16-10-11)18-8-5-12-3-6-17(2)7-4-12/h9-10,12H,3-8H2,1-2H3. The molecule has 0 N–H and O–H groups in total. The Balaban J connectivity index is 1.75. The van der Waals surface area contributed by atoms with E-state index < -0.39 is 0 Å².